The molecule has 1 aromatic heterocycles. The summed E-state index contributed by atoms with van der Waals surface area (Å²) in [5.41, 5.74) is 3.47. The molecule has 0 amide bonds. The van der Waals surface area contributed by atoms with Gasteiger partial charge in [0.05, 0.1) is 5.03 Å². The Kier molecular flexibility index (Phi) is 3.52. The Morgan fingerprint density at radius 3 is 2.62 bits per heavy atom. The third kappa shape index (κ3) is 2.39. The molecule has 1 nitrogen and oxygen atoms in total. The van der Waals surface area contributed by atoms with Crippen LogP contribution in [0.15, 0.2) is 41.6 Å². The van der Waals surface area contributed by atoms with Crippen molar-refractivity contribution in [1.29, 1.82) is 0 Å². The molecule has 1 heterocycles. The first-order valence-electron chi connectivity index (χ1n) is 4.97. The number of nitrogens with zero attached hydrogens (tertiary/aromatic N) is 1. The van der Waals surface area contributed by atoms with Gasteiger partial charge in [-0.3, -0.25) is 0 Å². The third-order valence-corrected chi connectivity index (χ3v) is 3.35. The lowest BCUT2D eigenvalue weighted by Crippen LogP contribution is -1.85. The molecule has 2 aromatic rings. The van der Waals surface area contributed by atoms with Crippen molar-refractivity contribution < 1.29 is 0 Å². The number of thioether (sulfide) groups is 1. The van der Waals surface area contributed by atoms with Crippen molar-refractivity contribution in [1.82, 2.24) is 4.98 Å². The number of benzene rings is 1. The van der Waals surface area contributed by atoms with Gasteiger partial charge in [0, 0.05) is 16.8 Å². The van der Waals surface area contributed by atoms with Crippen LogP contribution in [0, 0.1) is 6.92 Å². The van der Waals surface area contributed by atoms with Gasteiger partial charge in [0.25, 0.3) is 0 Å². The van der Waals surface area contributed by atoms with Gasteiger partial charge >= 0.3 is 0 Å². The number of pyridine rings is 1. The van der Waals surface area contributed by atoms with E-state index in [2.05, 4.69) is 18.0 Å². The second-order valence-corrected chi connectivity index (χ2v) is 4.81. The number of hydrogen-bond acceptors (Lipinski definition) is 2. The number of rotatable bonds is 2. The quantitative estimate of drug-likeness (QED) is 0.731. The van der Waals surface area contributed by atoms with Crippen LogP contribution >= 0.6 is 23.4 Å². The first kappa shape index (κ1) is 11.5. The van der Waals surface area contributed by atoms with Gasteiger partial charge in [-0.1, -0.05) is 23.7 Å². The maximum absolute atomic E-state index is 6.00. The zero-order valence-corrected chi connectivity index (χ0v) is 10.8. The van der Waals surface area contributed by atoms with Gasteiger partial charge in [-0.05, 0) is 42.5 Å². The Hall–Kier alpha value is -0.990. The van der Waals surface area contributed by atoms with E-state index in [0.717, 1.165) is 21.2 Å². The van der Waals surface area contributed by atoms with Crippen LogP contribution in [0.5, 0.6) is 0 Å². The lowest BCUT2D eigenvalue weighted by atomic mass is 10.0. The number of halogens is 1. The van der Waals surface area contributed by atoms with Gasteiger partial charge in [0.1, 0.15) is 0 Å². The Bertz CT molecular complexity index is 494. The molecule has 0 radical (unpaired) electrons. The summed E-state index contributed by atoms with van der Waals surface area (Å²) in [7, 11) is 0. The van der Waals surface area contributed by atoms with Crippen molar-refractivity contribution in [2.75, 3.05) is 6.26 Å². The maximum Gasteiger partial charge on any atom is 0.0957 e. The van der Waals surface area contributed by atoms with Crippen molar-refractivity contribution in [3.63, 3.8) is 0 Å². The highest BCUT2D eigenvalue weighted by Gasteiger charge is 2.03. The molecule has 82 valence electrons. The van der Waals surface area contributed by atoms with E-state index in [-0.39, 0.29) is 0 Å². The molecular weight excluding hydrogens is 238 g/mol. The van der Waals surface area contributed by atoms with E-state index in [0.29, 0.717) is 0 Å². The molecule has 0 unspecified atom stereocenters. The average Bonchev–Trinajstić information content (AvgIpc) is 2.32. The summed E-state index contributed by atoms with van der Waals surface area (Å²) in [5.74, 6) is 0. The molecule has 0 saturated heterocycles. The molecule has 0 aliphatic rings. The van der Waals surface area contributed by atoms with Crippen LogP contribution in [0.2, 0.25) is 5.02 Å². The summed E-state index contributed by atoms with van der Waals surface area (Å²) >= 11 is 7.64. The molecule has 0 fully saturated rings. The fraction of sp³-hybridized carbons (Fsp3) is 0.154. The van der Waals surface area contributed by atoms with Gasteiger partial charge in [-0.15, -0.1) is 11.8 Å². The molecule has 1 aromatic carbocycles. The average molecular weight is 250 g/mol. The van der Waals surface area contributed by atoms with Gasteiger partial charge in [-0.25, -0.2) is 4.98 Å². The van der Waals surface area contributed by atoms with Gasteiger partial charge in [0.2, 0.25) is 0 Å². The van der Waals surface area contributed by atoms with Gasteiger partial charge in [0.15, 0.2) is 0 Å². The topological polar surface area (TPSA) is 12.9 Å². The lowest BCUT2D eigenvalue weighted by Gasteiger charge is -2.06. The van der Waals surface area contributed by atoms with E-state index in [1.165, 1.54) is 5.56 Å². The molecule has 0 bridgehead atoms. The van der Waals surface area contributed by atoms with Gasteiger partial charge in [-0.2, -0.15) is 0 Å². The summed E-state index contributed by atoms with van der Waals surface area (Å²) in [6, 6.07) is 10.0. The van der Waals surface area contributed by atoms with E-state index in [9.17, 15) is 0 Å². The first-order valence-corrected chi connectivity index (χ1v) is 6.57. The summed E-state index contributed by atoms with van der Waals surface area (Å²) in [6.07, 6.45) is 3.91. The minimum Gasteiger partial charge on any atom is -0.249 e. The van der Waals surface area contributed by atoms with Gasteiger partial charge < -0.3 is 0 Å². The molecule has 3 heteroatoms. The highest BCUT2D eigenvalue weighted by atomic mass is 35.5. The van der Waals surface area contributed by atoms with Crippen LogP contribution in [0.3, 0.4) is 0 Å². The van der Waals surface area contributed by atoms with Crippen LogP contribution in [-0.2, 0) is 0 Å². The molecule has 2 rings (SSSR count). The molecule has 0 aliphatic heterocycles. The Morgan fingerprint density at radius 1 is 1.19 bits per heavy atom. The summed E-state index contributed by atoms with van der Waals surface area (Å²) in [6.45, 7) is 2.08. The highest BCUT2D eigenvalue weighted by molar-refractivity contribution is 7.98. The summed E-state index contributed by atoms with van der Waals surface area (Å²) in [5, 5.41) is 1.79. The fourth-order valence-corrected chi connectivity index (χ4v) is 2.10. The van der Waals surface area contributed by atoms with E-state index in [1.807, 2.05) is 36.7 Å². The van der Waals surface area contributed by atoms with Crippen molar-refractivity contribution >= 4 is 23.4 Å². The van der Waals surface area contributed by atoms with Crippen LogP contribution in [0.4, 0.5) is 0 Å². The number of aromatic nitrogens is 1. The van der Waals surface area contributed by atoms with E-state index in [4.69, 9.17) is 11.6 Å². The Labute approximate surface area is 105 Å². The summed E-state index contributed by atoms with van der Waals surface area (Å²) in [4.78, 5) is 4.36. The molecule has 16 heavy (non-hydrogen) atoms. The standard InChI is InChI=1S/C13H12ClNS/c1-9-3-5-11(14)7-12(9)10-4-6-13(16-2)15-8-10/h3-8H,1-2H3. The van der Waals surface area contributed by atoms with E-state index in [1.54, 1.807) is 11.8 Å². The second-order valence-electron chi connectivity index (χ2n) is 3.55. The minimum atomic E-state index is 0.759. The van der Waals surface area contributed by atoms with Crippen LogP contribution in [0.25, 0.3) is 11.1 Å². The molecule has 0 N–H and O–H groups in total. The largest absolute Gasteiger partial charge is 0.249 e. The zero-order chi connectivity index (χ0) is 11.5. The predicted molar refractivity (Wildman–Crippen MR) is 71.2 cm³/mol. The van der Waals surface area contributed by atoms with E-state index >= 15 is 0 Å². The summed E-state index contributed by atoms with van der Waals surface area (Å²) < 4.78 is 0. The van der Waals surface area contributed by atoms with E-state index < -0.39 is 0 Å². The normalized spacial score (nSPS) is 10.4. The van der Waals surface area contributed by atoms with Crippen LogP contribution in [-0.4, -0.2) is 11.2 Å². The number of hydrogen-bond donors (Lipinski definition) is 0. The van der Waals surface area contributed by atoms with Crippen LogP contribution in [0.1, 0.15) is 5.56 Å². The SMILES string of the molecule is CSc1ccc(-c2cc(Cl)ccc2C)cn1. The predicted octanol–water partition coefficient (Wildman–Crippen LogP) is 4.43. The third-order valence-electron chi connectivity index (χ3n) is 2.46. The van der Waals surface area contributed by atoms with Crippen LogP contribution < -0.4 is 0 Å². The highest BCUT2D eigenvalue weighted by Crippen LogP contribution is 2.26. The maximum atomic E-state index is 6.00. The van der Waals surface area contributed by atoms with Crippen molar-refractivity contribution in [2.45, 2.75) is 11.9 Å². The second kappa shape index (κ2) is 4.89. The monoisotopic (exact) mass is 249 g/mol. The Balaban J connectivity index is 2.45. The van der Waals surface area contributed by atoms with Crippen molar-refractivity contribution in [3.8, 4) is 11.1 Å². The lowest BCUT2D eigenvalue weighted by molar-refractivity contribution is 1.14. The smallest absolute Gasteiger partial charge is 0.0957 e. The number of aryl methyl sites for hydroxylation is 1. The molecule has 0 atom stereocenters. The molecular formula is C13H12ClNS. The first-order chi connectivity index (χ1) is 7.70. The molecule has 0 spiro atoms. The Morgan fingerprint density at radius 2 is 2.00 bits per heavy atom. The van der Waals surface area contributed by atoms with Crippen molar-refractivity contribution in [2.24, 2.45) is 0 Å². The zero-order valence-electron chi connectivity index (χ0n) is 9.20. The molecule has 0 aliphatic carbocycles. The fourth-order valence-electron chi connectivity index (χ4n) is 1.57. The van der Waals surface area contributed by atoms with Crippen molar-refractivity contribution in [3.05, 3.63) is 47.1 Å². The molecule has 0 saturated carbocycles. The minimum absolute atomic E-state index is 0.759.